The van der Waals surface area contributed by atoms with Crippen molar-refractivity contribution >= 4 is 0 Å². The number of pyridine rings is 5. The minimum Gasteiger partial charge on any atom is -0.201 e. The Morgan fingerprint density at radius 1 is 0.278 bits per heavy atom. The van der Waals surface area contributed by atoms with Gasteiger partial charge in [0.1, 0.15) is 35.2 Å². The quantitative estimate of drug-likeness (QED) is 0.148. The van der Waals surface area contributed by atoms with E-state index in [0.29, 0.717) is 17.8 Å². The number of rotatable bonds is 6. The highest BCUT2D eigenvalue weighted by molar-refractivity contribution is 6.02. The zero-order chi connectivity index (χ0) is 86.1. The van der Waals surface area contributed by atoms with Crippen molar-refractivity contribution in [2.24, 2.45) is 53.0 Å². The first-order valence-corrected chi connectivity index (χ1v) is 46.6. The lowest BCUT2D eigenvalue weighted by Gasteiger charge is -2.39. The van der Waals surface area contributed by atoms with E-state index in [9.17, 15) is 0 Å². The van der Waals surface area contributed by atoms with Crippen molar-refractivity contribution in [1.29, 1.82) is 0 Å². The van der Waals surface area contributed by atoms with Crippen LogP contribution in [0, 0.1) is 52.4 Å². The van der Waals surface area contributed by atoms with Crippen molar-refractivity contribution in [1.82, 2.24) is 0 Å². The first-order chi connectivity index (χ1) is 61.4. The maximum absolute atomic E-state index is 2.43. The molecule has 5 nitrogen and oxygen atoms in total. The molecule has 1 fully saturated rings. The molecule has 0 amide bonds. The molecular weight excluding hydrogens is 1520 g/mol. The van der Waals surface area contributed by atoms with Crippen molar-refractivity contribution in [3.05, 3.63) is 421 Å². The van der Waals surface area contributed by atoms with E-state index in [1.807, 2.05) is 0 Å². The molecule has 6 atom stereocenters. The lowest BCUT2D eigenvalue weighted by Crippen LogP contribution is -2.38. The van der Waals surface area contributed by atoms with Crippen LogP contribution in [0.5, 0.6) is 0 Å². The Labute approximate surface area is 744 Å². The lowest BCUT2D eigenvalue weighted by molar-refractivity contribution is -0.660. The Morgan fingerprint density at radius 2 is 0.603 bits per heavy atom. The summed E-state index contributed by atoms with van der Waals surface area (Å²) < 4.78 is 11.6. The van der Waals surface area contributed by atoms with E-state index in [-0.39, 0.29) is 27.1 Å². The Bertz CT molecular complexity index is 7370. The van der Waals surface area contributed by atoms with Gasteiger partial charge in [0.25, 0.3) is 0 Å². The molecule has 11 aliphatic carbocycles. The second kappa shape index (κ2) is 28.3. The molecule has 11 aliphatic rings. The number of fused-ring (bicyclic) bond motifs is 30. The van der Waals surface area contributed by atoms with Gasteiger partial charge in [-0.15, -0.1) is 0 Å². The smallest absolute Gasteiger partial charge is 0.201 e. The van der Waals surface area contributed by atoms with E-state index >= 15 is 0 Å². The molecule has 0 saturated heterocycles. The van der Waals surface area contributed by atoms with E-state index < -0.39 is 0 Å². The molecule has 27 rings (SSSR count). The molecular formula is C121H112N5+5. The minimum atomic E-state index is -0.219. The summed E-state index contributed by atoms with van der Waals surface area (Å²) in [5.41, 5.74) is 59.2. The van der Waals surface area contributed by atoms with Crippen LogP contribution < -0.4 is 22.8 Å². The van der Waals surface area contributed by atoms with Crippen LogP contribution in [-0.4, -0.2) is 0 Å². The van der Waals surface area contributed by atoms with Crippen LogP contribution >= 0.6 is 0 Å². The topological polar surface area (TPSA) is 19.4 Å². The SMILES string of the molecule is CCC(C)C12c3ccccc3-c3ccc(C)c(c31)-c1c2ccc[n+]1C.CCC12c3ccccc3-c3ccc(C)c(c31)-c1c2ccc[n+]1C.Cc1ccc2c3c1-c1c(ccc[n+]1C)C3(C(C)C)c1ccccc1-2.Cc1ccc2c3c1-c1c(ccc[n+]1C)C3(C1CCCCC1)c1ccccc1-2.Cc1ccc2c3c1-c1c(ccc[n+]1C)C3(c1ccccc1)c1ccccc1-2. The van der Waals surface area contributed by atoms with Gasteiger partial charge in [-0.2, -0.15) is 0 Å². The van der Waals surface area contributed by atoms with Gasteiger partial charge in [0.15, 0.2) is 31.0 Å². The zero-order valence-corrected chi connectivity index (χ0v) is 75.8. The average molecular weight is 1640 g/mol. The second-order valence-electron chi connectivity index (χ2n) is 38.6. The first-order valence-electron chi connectivity index (χ1n) is 46.6. The van der Waals surface area contributed by atoms with Gasteiger partial charge in [-0.05, 0) is 247 Å². The summed E-state index contributed by atoms with van der Waals surface area (Å²) in [5, 5.41) is 0. The van der Waals surface area contributed by atoms with E-state index in [0.717, 1.165) is 6.42 Å². The molecule has 16 aromatic rings. The van der Waals surface area contributed by atoms with Gasteiger partial charge in [-0.1, -0.05) is 273 Å². The van der Waals surface area contributed by atoms with Gasteiger partial charge in [-0.3, -0.25) is 0 Å². The van der Waals surface area contributed by atoms with Crippen LogP contribution in [0.25, 0.3) is 112 Å². The molecule has 0 bridgehead atoms. The summed E-state index contributed by atoms with van der Waals surface area (Å²) in [4.78, 5) is 0. The van der Waals surface area contributed by atoms with Crippen molar-refractivity contribution < 1.29 is 22.8 Å². The third-order valence-electron chi connectivity index (χ3n) is 32.7. The standard InChI is InChI=1S/C26H26N.C26H20N.C24H24N.C23H22N.C22H20N/c2*1-17-14-15-20-19-11-6-7-12-21(19)26(18-9-4-3-5-10-18)22-13-8-16-27(2)25(22)23(17)24(20)26;1-5-16(3)24-19-10-7-6-9-17(19)18-13-12-15(2)21(22(18)24)23-20(24)11-8-14-25(23)4;1-14(2)23-18-9-6-5-8-16(18)17-12-11-15(3)20(21(17)23)22-19(23)10-7-13-24(22)4;1-4-22-17-9-6-5-8-15(17)16-12-11-14(2)19(20(16)22)21-18(22)10-7-13-23(21)3/h6-8,11-16,18H,3-5,9-10H2,1-2H3;3-16H,1-2H3;6-14,16H,5H2,1-4H3;5-14H,1-4H3;5-13H,4H2,1-3H3/q5*+1. The van der Waals surface area contributed by atoms with Gasteiger partial charge in [0, 0.05) is 58.1 Å². The van der Waals surface area contributed by atoms with E-state index in [1.54, 1.807) is 22.3 Å². The number of hydrogen-bond donors (Lipinski definition) is 0. The van der Waals surface area contributed by atoms with Crippen LogP contribution in [0.1, 0.15) is 196 Å². The Kier molecular flexibility index (Phi) is 17.5. The van der Waals surface area contributed by atoms with Gasteiger partial charge in [0.2, 0.25) is 28.5 Å². The molecule has 11 aromatic carbocycles. The molecule has 1 saturated carbocycles. The van der Waals surface area contributed by atoms with Crippen molar-refractivity contribution in [3.8, 4) is 112 Å². The van der Waals surface area contributed by atoms with Crippen molar-refractivity contribution in [2.75, 3.05) is 0 Å². The van der Waals surface area contributed by atoms with Crippen LogP contribution in [0.15, 0.2) is 304 Å². The maximum Gasteiger partial charge on any atom is 0.217 e. The van der Waals surface area contributed by atoms with E-state index in [2.05, 4.69) is 431 Å². The van der Waals surface area contributed by atoms with Gasteiger partial charge in [-0.25, -0.2) is 22.8 Å². The monoisotopic (exact) mass is 1630 g/mol. The number of hydrogen-bond acceptors (Lipinski definition) is 0. The molecule has 616 valence electrons. The normalized spacial score (nSPS) is 19.9. The predicted octanol–water partition coefficient (Wildman–Crippen LogP) is 25.3. The fourth-order valence-electron chi connectivity index (χ4n) is 27.7. The largest absolute Gasteiger partial charge is 0.217 e. The molecule has 0 spiro atoms. The third kappa shape index (κ3) is 9.74. The molecule has 6 unspecified atom stereocenters. The number of nitrogens with zero attached hydrogens (tertiary/aromatic N) is 5. The summed E-state index contributed by atoms with van der Waals surface area (Å²) in [6.45, 7) is 23.2. The Hall–Kier alpha value is -12.8. The highest BCUT2D eigenvalue weighted by atomic mass is 15.0. The van der Waals surface area contributed by atoms with Gasteiger partial charge >= 0.3 is 0 Å². The van der Waals surface area contributed by atoms with E-state index in [1.165, 1.54) is 245 Å². The van der Waals surface area contributed by atoms with Gasteiger partial charge < -0.3 is 0 Å². The minimum absolute atomic E-state index is 0.00359. The number of aryl methyl sites for hydroxylation is 10. The van der Waals surface area contributed by atoms with Crippen LogP contribution in [0.2, 0.25) is 0 Å². The first kappa shape index (κ1) is 77.9. The molecule has 0 N–H and O–H groups in total. The lowest BCUT2D eigenvalue weighted by atomic mass is 9.62. The maximum atomic E-state index is 2.43. The zero-order valence-electron chi connectivity index (χ0n) is 75.8. The molecule has 5 heterocycles. The summed E-state index contributed by atoms with van der Waals surface area (Å²) in [5.74, 6) is 1.76. The fourth-order valence-corrected chi connectivity index (χ4v) is 27.7. The molecule has 5 heteroatoms. The summed E-state index contributed by atoms with van der Waals surface area (Å²) in [7, 11) is 10.9. The molecule has 0 radical (unpaired) electrons. The fraction of sp³-hybridized carbons (Fsp3) is 0.248. The molecule has 0 aliphatic heterocycles. The Balaban J connectivity index is 0.0000000907. The van der Waals surface area contributed by atoms with Crippen LogP contribution in [0.4, 0.5) is 0 Å². The molecule has 126 heavy (non-hydrogen) atoms. The number of aromatic nitrogens is 5. The van der Waals surface area contributed by atoms with Crippen LogP contribution in [-0.2, 0) is 62.3 Å². The third-order valence-corrected chi connectivity index (χ3v) is 32.7. The van der Waals surface area contributed by atoms with Crippen molar-refractivity contribution in [2.45, 2.75) is 141 Å². The predicted molar refractivity (Wildman–Crippen MR) is 512 cm³/mol. The van der Waals surface area contributed by atoms with E-state index in [4.69, 9.17) is 0 Å². The highest BCUT2D eigenvalue weighted by Crippen LogP contribution is 2.71. The highest BCUT2D eigenvalue weighted by Gasteiger charge is 2.63. The average Bonchev–Trinajstić information content (AvgIpc) is 1.53. The van der Waals surface area contributed by atoms with Crippen LogP contribution in [0.3, 0.4) is 0 Å². The summed E-state index contributed by atoms with van der Waals surface area (Å²) >= 11 is 0. The molecule has 5 aromatic heterocycles. The second-order valence-corrected chi connectivity index (χ2v) is 38.6. The van der Waals surface area contributed by atoms with Crippen molar-refractivity contribution in [3.63, 3.8) is 0 Å². The number of benzene rings is 11. The summed E-state index contributed by atoms with van der Waals surface area (Å²) in [6.07, 6.45) is 20.0. The Morgan fingerprint density at radius 3 is 1.10 bits per heavy atom. The summed E-state index contributed by atoms with van der Waals surface area (Å²) in [6, 6.07) is 102. The van der Waals surface area contributed by atoms with Gasteiger partial charge in [0.05, 0.1) is 54.9 Å².